The van der Waals surface area contributed by atoms with Gasteiger partial charge in [0.25, 0.3) is 0 Å². The Labute approximate surface area is 139 Å². The molecule has 0 aliphatic rings. The number of hydrogen-bond acceptors (Lipinski definition) is 4. The zero-order chi connectivity index (χ0) is 16.1. The molecule has 3 rings (SSSR count). The van der Waals surface area contributed by atoms with Gasteiger partial charge in [0.05, 0.1) is 12.1 Å². The van der Waals surface area contributed by atoms with Gasteiger partial charge in [-0.15, -0.1) is 11.3 Å². The van der Waals surface area contributed by atoms with Crippen LogP contribution in [-0.2, 0) is 17.8 Å². The topological polar surface area (TPSA) is 68.0 Å². The van der Waals surface area contributed by atoms with Gasteiger partial charge < -0.3 is 11.1 Å². The molecular formula is C18H17N3OS. The molecule has 4 nitrogen and oxygen atoms in total. The number of carbonyl (C=O) groups is 1. The minimum Gasteiger partial charge on any atom is -0.326 e. The second-order valence-electron chi connectivity index (χ2n) is 5.10. The summed E-state index contributed by atoms with van der Waals surface area (Å²) in [6.07, 6.45) is 0.260. The Hall–Kier alpha value is -2.50. The summed E-state index contributed by atoms with van der Waals surface area (Å²) in [6, 6.07) is 17.4. The van der Waals surface area contributed by atoms with E-state index in [4.69, 9.17) is 5.73 Å². The fourth-order valence-corrected chi connectivity index (χ4v) is 3.19. The molecule has 23 heavy (non-hydrogen) atoms. The van der Waals surface area contributed by atoms with Crippen LogP contribution in [0, 0.1) is 0 Å². The minimum absolute atomic E-state index is 0.0693. The average molecular weight is 323 g/mol. The van der Waals surface area contributed by atoms with Gasteiger partial charge in [-0.2, -0.15) is 0 Å². The molecule has 0 fully saturated rings. The zero-order valence-electron chi connectivity index (χ0n) is 12.5. The van der Waals surface area contributed by atoms with Crippen molar-refractivity contribution in [1.29, 1.82) is 0 Å². The van der Waals surface area contributed by atoms with Gasteiger partial charge in [0.15, 0.2) is 0 Å². The number of nitrogens with zero attached hydrogens (tertiary/aromatic N) is 1. The number of rotatable bonds is 5. The van der Waals surface area contributed by atoms with E-state index in [1.807, 2.05) is 60.0 Å². The number of nitrogens with one attached hydrogen (secondary N) is 1. The molecule has 3 N–H and O–H groups in total. The number of hydrogen-bond donors (Lipinski definition) is 2. The summed E-state index contributed by atoms with van der Waals surface area (Å²) in [5.74, 6) is -0.0693. The van der Waals surface area contributed by atoms with E-state index in [2.05, 4.69) is 10.3 Å². The Balaban J connectivity index is 1.71. The molecule has 0 unspecified atom stereocenters. The number of amides is 1. The lowest BCUT2D eigenvalue weighted by Gasteiger charge is -2.04. The van der Waals surface area contributed by atoms with E-state index in [9.17, 15) is 4.79 Å². The largest absolute Gasteiger partial charge is 0.326 e. The molecule has 0 bridgehead atoms. The Bertz CT molecular complexity index is 799. The van der Waals surface area contributed by atoms with E-state index in [0.717, 1.165) is 27.5 Å². The van der Waals surface area contributed by atoms with Crippen molar-refractivity contribution in [3.63, 3.8) is 0 Å². The quantitative estimate of drug-likeness (QED) is 0.755. The third-order valence-corrected chi connectivity index (χ3v) is 4.34. The van der Waals surface area contributed by atoms with Crippen molar-refractivity contribution in [3.8, 4) is 10.6 Å². The predicted octanol–water partition coefficient (Wildman–Crippen LogP) is 3.45. The summed E-state index contributed by atoms with van der Waals surface area (Å²) in [4.78, 5) is 16.7. The molecule has 0 atom stereocenters. The summed E-state index contributed by atoms with van der Waals surface area (Å²) >= 11 is 1.53. The van der Waals surface area contributed by atoms with Crippen LogP contribution in [0.3, 0.4) is 0 Å². The highest BCUT2D eigenvalue weighted by molar-refractivity contribution is 7.13. The molecule has 2 aromatic carbocycles. The summed E-state index contributed by atoms with van der Waals surface area (Å²) < 4.78 is 0. The number of anilines is 1. The van der Waals surface area contributed by atoms with E-state index >= 15 is 0 Å². The number of benzene rings is 2. The van der Waals surface area contributed by atoms with Gasteiger partial charge in [0, 0.05) is 23.2 Å². The van der Waals surface area contributed by atoms with Crippen LogP contribution in [-0.4, -0.2) is 10.9 Å². The molecule has 1 heterocycles. The smallest absolute Gasteiger partial charge is 0.230 e. The first-order valence-electron chi connectivity index (χ1n) is 7.34. The fraction of sp³-hybridized carbons (Fsp3) is 0.111. The van der Waals surface area contributed by atoms with Crippen LogP contribution in [0.2, 0.25) is 0 Å². The molecule has 0 radical (unpaired) electrons. The van der Waals surface area contributed by atoms with Crippen LogP contribution in [0.1, 0.15) is 11.3 Å². The Kier molecular flexibility index (Phi) is 4.80. The Morgan fingerprint density at radius 1 is 1.09 bits per heavy atom. The molecule has 0 aliphatic heterocycles. The van der Waals surface area contributed by atoms with E-state index < -0.39 is 0 Å². The lowest BCUT2D eigenvalue weighted by Crippen LogP contribution is -2.14. The highest BCUT2D eigenvalue weighted by atomic mass is 32.1. The summed E-state index contributed by atoms with van der Waals surface area (Å²) in [6.45, 7) is 0.472. The lowest BCUT2D eigenvalue weighted by atomic mass is 10.1. The lowest BCUT2D eigenvalue weighted by molar-refractivity contribution is -0.115. The van der Waals surface area contributed by atoms with Crippen LogP contribution >= 0.6 is 11.3 Å². The van der Waals surface area contributed by atoms with Crippen LogP contribution in [0.15, 0.2) is 60.0 Å². The molecule has 116 valence electrons. The highest BCUT2D eigenvalue weighted by Crippen LogP contribution is 2.27. The van der Waals surface area contributed by atoms with Gasteiger partial charge in [-0.3, -0.25) is 4.79 Å². The van der Waals surface area contributed by atoms with Gasteiger partial charge in [0.2, 0.25) is 5.91 Å². The summed E-state index contributed by atoms with van der Waals surface area (Å²) in [5, 5.41) is 5.69. The third kappa shape index (κ3) is 3.83. The first-order valence-corrected chi connectivity index (χ1v) is 8.22. The standard InChI is InChI=1S/C18H17N3OS/c19-11-13-6-4-5-9-16(13)18-21-15(12-23-18)10-17(22)20-14-7-2-1-3-8-14/h1-9,12H,10-11,19H2,(H,20,22). The van der Waals surface area contributed by atoms with Gasteiger partial charge in [-0.25, -0.2) is 4.98 Å². The first-order chi connectivity index (χ1) is 11.3. The van der Waals surface area contributed by atoms with Crippen molar-refractivity contribution in [2.75, 3.05) is 5.32 Å². The molecule has 5 heteroatoms. The molecular weight excluding hydrogens is 306 g/mol. The third-order valence-electron chi connectivity index (χ3n) is 3.42. The van der Waals surface area contributed by atoms with Crippen molar-refractivity contribution < 1.29 is 4.79 Å². The fourth-order valence-electron chi connectivity index (χ4n) is 2.31. The van der Waals surface area contributed by atoms with Crippen molar-refractivity contribution in [2.24, 2.45) is 5.73 Å². The first kappa shape index (κ1) is 15.4. The monoisotopic (exact) mass is 323 g/mol. The molecule has 3 aromatic rings. The van der Waals surface area contributed by atoms with Crippen LogP contribution < -0.4 is 11.1 Å². The van der Waals surface area contributed by atoms with E-state index in [1.165, 1.54) is 11.3 Å². The van der Waals surface area contributed by atoms with Gasteiger partial charge in [0.1, 0.15) is 5.01 Å². The normalized spacial score (nSPS) is 10.5. The van der Waals surface area contributed by atoms with Gasteiger partial charge in [-0.05, 0) is 17.7 Å². The van der Waals surface area contributed by atoms with Gasteiger partial charge >= 0.3 is 0 Å². The van der Waals surface area contributed by atoms with E-state index in [0.29, 0.717) is 6.54 Å². The zero-order valence-corrected chi connectivity index (χ0v) is 13.3. The van der Waals surface area contributed by atoms with Gasteiger partial charge in [-0.1, -0.05) is 42.5 Å². The highest BCUT2D eigenvalue weighted by Gasteiger charge is 2.11. The number of nitrogens with two attached hydrogens (primary N) is 1. The SMILES string of the molecule is NCc1ccccc1-c1nc(CC(=O)Nc2ccccc2)cs1. The number of carbonyl (C=O) groups excluding carboxylic acids is 1. The van der Waals surface area contributed by atoms with Crippen LogP contribution in [0.4, 0.5) is 5.69 Å². The second kappa shape index (κ2) is 7.17. The summed E-state index contributed by atoms with van der Waals surface area (Å²) in [5.41, 5.74) is 9.43. The van der Waals surface area contributed by atoms with Crippen LogP contribution in [0.5, 0.6) is 0 Å². The molecule has 0 aliphatic carbocycles. The van der Waals surface area contributed by atoms with Crippen molar-refractivity contribution in [3.05, 3.63) is 71.2 Å². The van der Waals surface area contributed by atoms with Crippen molar-refractivity contribution in [1.82, 2.24) is 4.98 Å². The van der Waals surface area contributed by atoms with Crippen molar-refractivity contribution >= 4 is 22.9 Å². The summed E-state index contributed by atoms with van der Waals surface area (Å²) in [7, 11) is 0. The Morgan fingerprint density at radius 3 is 2.61 bits per heavy atom. The maximum absolute atomic E-state index is 12.1. The maximum atomic E-state index is 12.1. The molecule has 0 saturated carbocycles. The van der Waals surface area contributed by atoms with Crippen molar-refractivity contribution in [2.45, 2.75) is 13.0 Å². The van der Waals surface area contributed by atoms with E-state index in [1.54, 1.807) is 0 Å². The van der Waals surface area contributed by atoms with E-state index in [-0.39, 0.29) is 12.3 Å². The maximum Gasteiger partial charge on any atom is 0.230 e. The predicted molar refractivity (Wildman–Crippen MR) is 94.2 cm³/mol. The molecule has 0 spiro atoms. The van der Waals surface area contributed by atoms with Crippen LogP contribution in [0.25, 0.3) is 10.6 Å². The number of para-hydroxylation sites is 1. The second-order valence-corrected chi connectivity index (χ2v) is 5.95. The minimum atomic E-state index is -0.0693. The Morgan fingerprint density at radius 2 is 1.83 bits per heavy atom. The molecule has 1 aromatic heterocycles. The molecule has 1 amide bonds. The number of aromatic nitrogens is 1. The number of thiazole rings is 1. The molecule has 0 saturated heterocycles. The average Bonchev–Trinajstić information content (AvgIpc) is 3.03.